The SMILES string of the molecule is CC(Nc1ccc(CC#N)cc1)C(=O)N1N=C(c2ccc(Cl)cc2)CC1c1ccco1. The number of anilines is 1. The van der Waals surface area contributed by atoms with E-state index in [2.05, 4.69) is 16.5 Å². The normalized spacial score (nSPS) is 16.5. The van der Waals surface area contributed by atoms with Crippen LogP contribution in [0.3, 0.4) is 0 Å². The van der Waals surface area contributed by atoms with Crippen molar-refractivity contribution in [3.05, 3.63) is 88.8 Å². The number of hydrogen-bond donors (Lipinski definition) is 1. The first kappa shape index (κ1) is 20.7. The predicted octanol–water partition coefficient (Wildman–Crippen LogP) is 5.18. The standard InChI is InChI=1S/C24H21ClN4O2/c1-16(27-20-10-4-17(5-11-20)12-13-26)24(30)29-22(23-3-2-14-31-23)15-21(28-29)18-6-8-19(25)9-7-18/h2-11,14,16,22,27H,12,15H2,1H3. The van der Waals surface area contributed by atoms with Gasteiger partial charge in [0, 0.05) is 17.1 Å². The van der Waals surface area contributed by atoms with E-state index in [9.17, 15) is 4.79 Å². The molecule has 2 atom stereocenters. The van der Waals surface area contributed by atoms with Gasteiger partial charge in [-0.1, -0.05) is 35.9 Å². The number of nitriles is 1. The molecule has 7 heteroatoms. The Morgan fingerprint density at radius 2 is 2.00 bits per heavy atom. The molecule has 0 radical (unpaired) electrons. The highest BCUT2D eigenvalue weighted by atomic mass is 35.5. The summed E-state index contributed by atoms with van der Waals surface area (Å²) in [5.41, 5.74) is 3.46. The lowest BCUT2D eigenvalue weighted by Gasteiger charge is -2.24. The summed E-state index contributed by atoms with van der Waals surface area (Å²) in [7, 11) is 0. The van der Waals surface area contributed by atoms with E-state index in [-0.39, 0.29) is 11.9 Å². The van der Waals surface area contributed by atoms with E-state index in [0.29, 0.717) is 23.6 Å². The van der Waals surface area contributed by atoms with Crippen molar-refractivity contribution in [2.75, 3.05) is 5.32 Å². The van der Waals surface area contributed by atoms with Crippen LogP contribution in [0.25, 0.3) is 0 Å². The van der Waals surface area contributed by atoms with Gasteiger partial charge in [-0.2, -0.15) is 10.4 Å². The molecule has 1 aromatic heterocycles. The zero-order chi connectivity index (χ0) is 21.8. The number of hydrazone groups is 1. The van der Waals surface area contributed by atoms with Gasteiger partial charge in [-0.25, -0.2) is 5.01 Å². The molecule has 31 heavy (non-hydrogen) atoms. The molecule has 0 saturated heterocycles. The number of carbonyl (C=O) groups is 1. The molecule has 1 N–H and O–H groups in total. The van der Waals surface area contributed by atoms with Crippen LogP contribution in [-0.2, 0) is 11.2 Å². The van der Waals surface area contributed by atoms with E-state index in [4.69, 9.17) is 21.3 Å². The summed E-state index contributed by atoms with van der Waals surface area (Å²) < 4.78 is 5.60. The van der Waals surface area contributed by atoms with Crippen LogP contribution in [0.2, 0.25) is 5.02 Å². The summed E-state index contributed by atoms with van der Waals surface area (Å²) in [6.07, 6.45) is 2.51. The van der Waals surface area contributed by atoms with E-state index in [0.717, 1.165) is 22.5 Å². The molecule has 0 bridgehead atoms. The number of nitrogens with zero attached hydrogens (tertiary/aromatic N) is 3. The highest BCUT2D eigenvalue weighted by molar-refractivity contribution is 6.30. The monoisotopic (exact) mass is 432 g/mol. The third-order valence-electron chi connectivity index (χ3n) is 5.18. The fourth-order valence-electron chi connectivity index (χ4n) is 3.55. The van der Waals surface area contributed by atoms with Gasteiger partial charge in [-0.3, -0.25) is 4.79 Å². The maximum Gasteiger partial charge on any atom is 0.265 e. The van der Waals surface area contributed by atoms with Gasteiger partial charge < -0.3 is 9.73 Å². The number of nitrogens with one attached hydrogen (secondary N) is 1. The van der Waals surface area contributed by atoms with Crippen molar-refractivity contribution in [3.8, 4) is 6.07 Å². The molecule has 1 amide bonds. The molecule has 156 valence electrons. The summed E-state index contributed by atoms with van der Waals surface area (Å²) in [6, 6.07) is 19.9. The van der Waals surface area contributed by atoms with Crippen molar-refractivity contribution in [2.24, 2.45) is 5.10 Å². The fourth-order valence-corrected chi connectivity index (χ4v) is 3.68. The molecule has 0 saturated carbocycles. The van der Waals surface area contributed by atoms with E-state index in [1.165, 1.54) is 5.01 Å². The third kappa shape index (κ3) is 4.62. The van der Waals surface area contributed by atoms with Gasteiger partial charge in [0.2, 0.25) is 0 Å². The summed E-state index contributed by atoms with van der Waals surface area (Å²) >= 11 is 6.01. The van der Waals surface area contributed by atoms with Gasteiger partial charge >= 0.3 is 0 Å². The van der Waals surface area contributed by atoms with Crippen molar-refractivity contribution < 1.29 is 9.21 Å². The Labute approximate surface area is 185 Å². The Hall–Kier alpha value is -3.56. The second-order valence-electron chi connectivity index (χ2n) is 7.37. The van der Waals surface area contributed by atoms with E-state index >= 15 is 0 Å². The average Bonchev–Trinajstić information content (AvgIpc) is 3.45. The van der Waals surface area contributed by atoms with Crippen LogP contribution in [0.4, 0.5) is 5.69 Å². The van der Waals surface area contributed by atoms with Gasteiger partial charge in [-0.15, -0.1) is 0 Å². The molecule has 2 unspecified atom stereocenters. The van der Waals surface area contributed by atoms with Crippen LogP contribution < -0.4 is 5.32 Å². The number of amides is 1. The molecule has 2 aromatic carbocycles. The lowest BCUT2D eigenvalue weighted by Crippen LogP contribution is -2.38. The molecule has 4 rings (SSSR count). The molecule has 3 aromatic rings. The summed E-state index contributed by atoms with van der Waals surface area (Å²) in [4.78, 5) is 13.3. The number of benzene rings is 2. The van der Waals surface area contributed by atoms with E-state index in [1.807, 2.05) is 60.7 Å². The summed E-state index contributed by atoms with van der Waals surface area (Å²) in [5, 5.41) is 18.8. The smallest absolute Gasteiger partial charge is 0.265 e. The summed E-state index contributed by atoms with van der Waals surface area (Å²) in [5.74, 6) is 0.528. The van der Waals surface area contributed by atoms with Crippen molar-refractivity contribution in [1.82, 2.24) is 5.01 Å². The van der Waals surface area contributed by atoms with Gasteiger partial charge in [-0.05, 0) is 54.4 Å². The Morgan fingerprint density at radius 3 is 2.65 bits per heavy atom. The fraction of sp³-hybridized carbons (Fsp3) is 0.208. The van der Waals surface area contributed by atoms with Crippen molar-refractivity contribution in [2.45, 2.75) is 31.8 Å². The number of rotatable bonds is 6. The van der Waals surface area contributed by atoms with E-state index < -0.39 is 6.04 Å². The highest BCUT2D eigenvalue weighted by Crippen LogP contribution is 2.34. The second-order valence-corrected chi connectivity index (χ2v) is 7.81. The minimum atomic E-state index is -0.507. The van der Waals surface area contributed by atoms with Crippen LogP contribution in [0.5, 0.6) is 0 Å². The van der Waals surface area contributed by atoms with Crippen LogP contribution in [-0.4, -0.2) is 22.7 Å². The molecule has 1 aliphatic heterocycles. The van der Waals surface area contributed by atoms with Crippen molar-refractivity contribution >= 4 is 28.9 Å². The predicted molar refractivity (Wildman–Crippen MR) is 120 cm³/mol. The van der Waals surface area contributed by atoms with Crippen LogP contribution in [0.15, 0.2) is 76.4 Å². The third-order valence-corrected chi connectivity index (χ3v) is 5.43. The molecular formula is C24H21ClN4O2. The minimum absolute atomic E-state index is 0.161. The molecule has 1 aliphatic rings. The lowest BCUT2D eigenvalue weighted by atomic mass is 10.0. The van der Waals surface area contributed by atoms with Gasteiger partial charge in [0.25, 0.3) is 5.91 Å². The molecule has 2 heterocycles. The van der Waals surface area contributed by atoms with Crippen LogP contribution in [0.1, 0.15) is 36.3 Å². The molecule has 0 spiro atoms. The molecule has 0 aliphatic carbocycles. The molecule has 0 fully saturated rings. The Morgan fingerprint density at radius 1 is 1.26 bits per heavy atom. The maximum atomic E-state index is 13.3. The number of hydrogen-bond acceptors (Lipinski definition) is 5. The highest BCUT2D eigenvalue weighted by Gasteiger charge is 2.36. The Balaban J connectivity index is 1.55. The first-order valence-corrected chi connectivity index (χ1v) is 10.4. The second kappa shape index (κ2) is 9.07. The zero-order valence-corrected chi connectivity index (χ0v) is 17.7. The van der Waals surface area contributed by atoms with Gasteiger partial charge in [0.05, 0.1) is 24.5 Å². The van der Waals surface area contributed by atoms with Crippen LogP contribution >= 0.6 is 11.6 Å². The average molecular weight is 433 g/mol. The van der Waals surface area contributed by atoms with Crippen molar-refractivity contribution in [1.29, 1.82) is 5.26 Å². The number of carbonyl (C=O) groups excluding carboxylic acids is 1. The first-order valence-electron chi connectivity index (χ1n) is 9.97. The largest absolute Gasteiger partial charge is 0.467 e. The van der Waals surface area contributed by atoms with Gasteiger partial charge in [0.15, 0.2) is 0 Å². The Bertz CT molecular complexity index is 1120. The maximum absolute atomic E-state index is 13.3. The summed E-state index contributed by atoms with van der Waals surface area (Å²) in [6.45, 7) is 1.81. The van der Waals surface area contributed by atoms with Crippen LogP contribution in [0, 0.1) is 11.3 Å². The Kier molecular flexibility index (Phi) is 6.06. The minimum Gasteiger partial charge on any atom is -0.467 e. The number of halogens is 1. The topological polar surface area (TPSA) is 81.6 Å². The number of furan rings is 1. The van der Waals surface area contributed by atoms with Crippen molar-refractivity contribution in [3.63, 3.8) is 0 Å². The molecular weight excluding hydrogens is 412 g/mol. The lowest BCUT2D eigenvalue weighted by molar-refractivity contribution is -0.133. The molecule has 6 nitrogen and oxygen atoms in total. The van der Waals surface area contributed by atoms with E-state index in [1.54, 1.807) is 13.2 Å². The van der Waals surface area contributed by atoms with Gasteiger partial charge in [0.1, 0.15) is 17.8 Å². The first-order chi connectivity index (χ1) is 15.0. The zero-order valence-electron chi connectivity index (χ0n) is 17.0. The quantitative estimate of drug-likeness (QED) is 0.582.